The number of nitrogens with two attached hydrogens (primary N) is 1. The molecule has 5 nitrogen and oxygen atoms in total. The fourth-order valence-electron chi connectivity index (χ4n) is 1.36. The molecule has 0 spiro atoms. The van der Waals surface area contributed by atoms with Crippen LogP contribution in [0.2, 0.25) is 0 Å². The molecule has 0 saturated heterocycles. The third-order valence-electron chi connectivity index (χ3n) is 3.11. The van der Waals surface area contributed by atoms with Gasteiger partial charge in [-0.1, -0.05) is 20.3 Å². The predicted octanol–water partition coefficient (Wildman–Crippen LogP) is 0.248. The Morgan fingerprint density at radius 2 is 1.88 bits per heavy atom. The highest BCUT2D eigenvalue weighted by molar-refractivity contribution is 5.85. The second-order valence-corrected chi connectivity index (χ2v) is 5.09. The molecule has 1 unspecified atom stereocenters. The van der Waals surface area contributed by atoms with Crippen LogP contribution in [0.25, 0.3) is 0 Å². The van der Waals surface area contributed by atoms with Crippen LogP contribution in [-0.4, -0.2) is 31.4 Å². The lowest BCUT2D eigenvalue weighted by atomic mass is 9.91. The molecule has 0 aromatic heterocycles. The van der Waals surface area contributed by atoms with Crippen molar-refractivity contribution in [2.24, 2.45) is 17.1 Å². The summed E-state index contributed by atoms with van der Waals surface area (Å²) < 4.78 is 0. The molecule has 0 heterocycles. The Bertz CT molecular complexity index is 277. The van der Waals surface area contributed by atoms with Crippen molar-refractivity contribution >= 4 is 11.8 Å². The monoisotopic (exact) mass is 243 g/mol. The number of carbonyl (C=O) groups is 2. The summed E-state index contributed by atoms with van der Waals surface area (Å²) >= 11 is 0. The SMILES string of the molecule is CCC(C)[C@H](N)C(=O)NCC(C)(C)C(=O)NC. The van der Waals surface area contributed by atoms with Gasteiger partial charge in [-0.15, -0.1) is 0 Å². The molecule has 0 aromatic rings. The van der Waals surface area contributed by atoms with Gasteiger partial charge in [-0.2, -0.15) is 0 Å². The van der Waals surface area contributed by atoms with Gasteiger partial charge in [-0.3, -0.25) is 9.59 Å². The Balaban J connectivity index is 4.29. The third kappa shape index (κ3) is 4.73. The molecule has 100 valence electrons. The van der Waals surface area contributed by atoms with Crippen molar-refractivity contribution in [3.63, 3.8) is 0 Å². The quantitative estimate of drug-likeness (QED) is 0.625. The van der Waals surface area contributed by atoms with Gasteiger partial charge in [0.15, 0.2) is 0 Å². The average molecular weight is 243 g/mol. The van der Waals surface area contributed by atoms with E-state index in [-0.39, 0.29) is 24.3 Å². The van der Waals surface area contributed by atoms with Gasteiger partial charge in [0.1, 0.15) is 0 Å². The second-order valence-electron chi connectivity index (χ2n) is 5.09. The Hall–Kier alpha value is -1.10. The van der Waals surface area contributed by atoms with Crippen molar-refractivity contribution in [3.8, 4) is 0 Å². The molecule has 5 heteroatoms. The first-order valence-corrected chi connectivity index (χ1v) is 6.01. The van der Waals surface area contributed by atoms with E-state index in [0.717, 1.165) is 6.42 Å². The van der Waals surface area contributed by atoms with Crippen molar-refractivity contribution in [2.75, 3.05) is 13.6 Å². The van der Waals surface area contributed by atoms with Crippen LogP contribution in [0, 0.1) is 11.3 Å². The van der Waals surface area contributed by atoms with Crippen LogP contribution in [0.5, 0.6) is 0 Å². The summed E-state index contributed by atoms with van der Waals surface area (Å²) in [6.07, 6.45) is 0.855. The van der Waals surface area contributed by atoms with Crippen molar-refractivity contribution in [3.05, 3.63) is 0 Å². The van der Waals surface area contributed by atoms with Gasteiger partial charge < -0.3 is 16.4 Å². The summed E-state index contributed by atoms with van der Waals surface area (Å²) in [7, 11) is 1.58. The van der Waals surface area contributed by atoms with Crippen molar-refractivity contribution in [1.29, 1.82) is 0 Å². The Morgan fingerprint density at radius 1 is 1.35 bits per heavy atom. The highest BCUT2D eigenvalue weighted by atomic mass is 16.2. The average Bonchev–Trinajstić information content (AvgIpc) is 2.32. The van der Waals surface area contributed by atoms with E-state index in [9.17, 15) is 9.59 Å². The lowest BCUT2D eigenvalue weighted by Crippen LogP contribution is -2.50. The first kappa shape index (κ1) is 15.9. The van der Waals surface area contributed by atoms with E-state index in [4.69, 9.17) is 5.73 Å². The maximum atomic E-state index is 11.7. The molecule has 17 heavy (non-hydrogen) atoms. The zero-order chi connectivity index (χ0) is 13.6. The van der Waals surface area contributed by atoms with Gasteiger partial charge in [-0.05, 0) is 19.8 Å². The van der Waals surface area contributed by atoms with E-state index in [0.29, 0.717) is 0 Å². The van der Waals surface area contributed by atoms with Crippen LogP contribution >= 0.6 is 0 Å². The van der Waals surface area contributed by atoms with Gasteiger partial charge in [0.05, 0.1) is 11.5 Å². The van der Waals surface area contributed by atoms with Crippen molar-refractivity contribution in [2.45, 2.75) is 40.2 Å². The summed E-state index contributed by atoms with van der Waals surface area (Å²) in [5.41, 5.74) is 5.17. The molecule has 0 aliphatic heterocycles. The maximum Gasteiger partial charge on any atom is 0.237 e. The highest BCUT2D eigenvalue weighted by Gasteiger charge is 2.28. The van der Waals surface area contributed by atoms with Crippen LogP contribution in [0.15, 0.2) is 0 Å². The Labute approximate surface area is 104 Å². The molecule has 0 radical (unpaired) electrons. The summed E-state index contributed by atoms with van der Waals surface area (Å²) in [5, 5.41) is 5.30. The van der Waals surface area contributed by atoms with Gasteiger partial charge in [0.2, 0.25) is 11.8 Å². The van der Waals surface area contributed by atoms with Gasteiger partial charge >= 0.3 is 0 Å². The fraction of sp³-hybridized carbons (Fsp3) is 0.833. The summed E-state index contributed by atoms with van der Waals surface area (Å²) in [5.74, 6) is -0.163. The number of amides is 2. The number of rotatable bonds is 6. The first-order valence-electron chi connectivity index (χ1n) is 6.01. The molecule has 2 atom stereocenters. The van der Waals surface area contributed by atoms with Gasteiger partial charge in [0, 0.05) is 13.6 Å². The molecule has 0 rings (SSSR count). The minimum atomic E-state index is -0.625. The topological polar surface area (TPSA) is 84.2 Å². The zero-order valence-electron chi connectivity index (χ0n) is 11.5. The van der Waals surface area contributed by atoms with E-state index in [2.05, 4.69) is 10.6 Å². The van der Waals surface area contributed by atoms with Crippen molar-refractivity contribution < 1.29 is 9.59 Å². The van der Waals surface area contributed by atoms with E-state index in [1.165, 1.54) is 0 Å². The Morgan fingerprint density at radius 3 is 2.29 bits per heavy atom. The molecule has 0 aromatic carbocycles. The molecular weight excluding hydrogens is 218 g/mol. The van der Waals surface area contributed by atoms with Gasteiger partial charge in [0.25, 0.3) is 0 Å². The van der Waals surface area contributed by atoms with E-state index in [1.54, 1.807) is 20.9 Å². The smallest absolute Gasteiger partial charge is 0.237 e. The summed E-state index contributed by atoms with van der Waals surface area (Å²) in [4.78, 5) is 23.2. The molecule has 4 N–H and O–H groups in total. The van der Waals surface area contributed by atoms with Crippen LogP contribution in [0.1, 0.15) is 34.1 Å². The minimum absolute atomic E-state index is 0.102. The lowest BCUT2D eigenvalue weighted by Gasteiger charge is -2.25. The second kappa shape index (κ2) is 6.59. The third-order valence-corrected chi connectivity index (χ3v) is 3.11. The van der Waals surface area contributed by atoms with Crippen LogP contribution in [0.3, 0.4) is 0 Å². The van der Waals surface area contributed by atoms with Crippen LogP contribution < -0.4 is 16.4 Å². The molecule has 2 amide bonds. The number of hydrogen-bond donors (Lipinski definition) is 3. The molecular formula is C12H25N3O2. The lowest BCUT2D eigenvalue weighted by molar-refractivity contribution is -0.129. The normalized spacial score (nSPS) is 14.9. The number of nitrogens with one attached hydrogen (secondary N) is 2. The first-order chi connectivity index (χ1) is 7.76. The predicted molar refractivity (Wildman–Crippen MR) is 68.3 cm³/mol. The Kier molecular flexibility index (Phi) is 6.16. The van der Waals surface area contributed by atoms with E-state index in [1.807, 2.05) is 13.8 Å². The molecule has 0 aliphatic rings. The van der Waals surface area contributed by atoms with E-state index >= 15 is 0 Å². The van der Waals surface area contributed by atoms with E-state index < -0.39 is 11.5 Å². The summed E-state index contributed by atoms with van der Waals surface area (Å²) in [6.45, 7) is 7.78. The van der Waals surface area contributed by atoms with Gasteiger partial charge in [-0.25, -0.2) is 0 Å². The number of carbonyl (C=O) groups excluding carboxylic acids is 2. The van der Waals surface area contributed by atoms with Crippen LogP contribution in [0.4, 0.5) is 0 Å². The maximum absolute atomic E-state index is 11.7. The largest absolute Gasteiger partial charge is 0.359 e. The molecule has 0 saturated carbocycles. The van der Waals surface area contributed by atoms with Crippen molar-refractivity contribution in [1.82, 2.24) is 10.6 Å². The highest BCUT2D eigenvalue weighted by Crippen LogP contribution is 2.13. The molecule has 0 aliphatic carbocycles. The standard InChI is InChI=1S/C12H25N3O2/c1-6-8(2)9(13)10(16)15-7-12(3,4)11(17)14-5/h8-9H,6-7,13H2,1-5H3,(H,14,17)(H,15,16)/t8?,9-/m0/s1. The van der Waals surface area contributed by atoms with Crippen LogP contribution in [-0.2, 0) is 9.59 Å². The number of hydrogen-bond acceptors (Lipinski definition) is 3. The molecule has 0 bridgehead atoms. The molecule has 0 fully saturated rings. The minimum Gasteiger partial charge on any atom is -0.359 e. The zero-order valence-corrected chi connectivity index (χ0v) is 11.5. The fourth-order valence-corrected chi connectivity index (χ4v) is 1.36. The summed E-state index contributed by atoms with van der Waals surface area (Å²) in [6, 6.07) is -0.513.